The zero-order valence-electron chi connectivity index (χ0n) is 9.54. The fourth-order valence-corrected chi connectivity index (χ4v) is 1.90. The van der Waals surface area contributed by atoms with E-state index in [0.29, 0.717) is 11.6 Å². The first kappa shape index (κ1) is 13.6. The largest absolute Gasteiger partial charge is 0.292 e. The molecule has 2 rings (SSSR count). The van der Waals surface area contributed by atoms with Gasteiger partial charge in [0, 0.05) is 11.6 Å². The van der Waals surface area contributed by atoms with Crippen LogP contribution in [0.2, 0.25) is 0 Å². The molecule has 1 atom stereocenters. The van der Waals surface area contributed by atoms with Crippen molar-refractivity contribution in [2.24, 2.45) is 0 Å². The van der Waals surface area contributed by atoms with Crippen LogP contribution in [0.1, 0.15) is 21.3 Å². The molecular weight excluding hydrogens is 277 g/mol. The summed E-state index contributed by atoms with van der Waals surface area (Å²) in [5.41, 5.74) is 0.194. The molecule has 2 aromatic carbocycles. The summed E-state index contributed by atoms with van der Waals surface area (Å²) in [4.78, 5) is 12.0. The molecule has 2 aromatic rings. The van der Waals surface area contributed by atoms with Crippen molar-refractivity contribution >= 4 is 17.4 Å². The van der Waals surface area contributed by atoms with Gasteiger partial charge in [0.05, 0.1) is 0 Å². The Kier molecular flexibility index (Phi) is 3.90. The monoisotopic (exact) mass is 284 g/mol. The van der Waals surface area contributed by atoms with Crippen molar-refractivity contribution in [3.8, 4) is 0 Å². The van der Waals surface area contributed by atoms with Crippen molar-refractivity contribution < 1.29 is 18.0 Å². The first-order valence-corrected chi connectivity index (χ1v) is 5.81. The van der Waals surface area contributed by atoms with Crippen molar-refractivity contribution in [2.45, 2.75) is 5.38 Å². The van der Waals surface area contributed by atoms with Crippen LogP contribution in [0.25, 0.3) is 0 Å². The summed E-state index contributed by atoms with van der Waals surface area (Å²) in [5.74, 6) is -2.82. The van der Waals surface area contributed by atoms with Crippen molar-refractivity contribution in [1.29, 1.82) is 0 Å². The summed E-state index contributed by atoms with van der Waals surface area (Å²) >= 11 is 5.93. The molecule has 0 fully saturated rings. The minimum atomic E-state index is -1.12. The number of halogens is 4. The van der Waals surface area contributed by atoms with Crippen LogP contribution in [-0.2, 0) is 0 Å². The number of carbonyl (C=O) groups is 1. The van der Waals surface area contributed by atoms with Gasteiger partial charge in [0.1, 0.15) is 22.8 Å². The van der Waals surface area contributed by atoms with Crippen molar-refractivity contribution in [1.82, 2.24) is 0 Å². The smallest absolute Gasteiger partial charge is 0.185 e. The van der Waals surface area contributed by atoms with Crippen LogP contribution < -0.4 is 0 Å². The summed E-state index contributed by atoms with van der Waals surface area (Å²) in [6, 6.07) is 7.49. The Hall–Kier alpha value is -1.81. The van der Waals surface area contributed by atoms with Crippen LogP contribution in [-0.4, -0.2) is 5.78 Å². The molecule has 98 valence electrons. The Bertz CT molecular complexity index is 590. The lowest BCUT2D eigenvalue weighted by Crippen LogP contribution is -2.08. The van der Waals surface area contributed by atoms with Gasteiger partial charge in [-0.25, -0.2) is 13.2 Å². The Balaban J connectivity index is 2.30. The Morgan fingerprint density at radius 3 is 1.95 bits per heavy atom. The molecule has 0 heterocycles. The lowest BCUT2D eigenvalue weighted by atomic mass is 10.0. The molecule has 19 heavy (non-hydrogen) atoms. The van der Waals surface area contributed by atoms with Crippen LogP contribution in [0, 0.1) is 17.5 Å². The topological polar surface area (TPSA) is 17.1 Å². The maximum absolute atomic E-state index is 13.0. The van der Waals surface area contributed by atoms with Crippen molar-refractivity contribution in [3.63, 3.8) is 0 Å². The number of alkyl halides is 1. The Morgan fingerprint density at radius 1 is 0.895 bits per heavy atom. The van der Waals surface area contributed by atoms with E-state index in [1.807, 2.05) is 0 Å². The Morgan fingerprint density at radius 2 is 1.42 bits per heavy atom. The van der Waals surface area contributed by atoms with E-state index in [0.717, 1.165) is 24.3 Å². The van der Waals surface area contributed by atoms with E-state index in [1.165, 1.54) is 12.1 Å². The summed E-state index contributed by atoms with van der Waals surface area (Å²) in [5, 5.41) is -1.12. The molecule has 0 aliphatic rings. The first-order chi connectivity index (χ1) is 8.97. The summed E-state index contributed by atoms with van der Waals surface area (Å²) < 4.78 is 38.8. The predicted molar refractivity (Wildman–Crippen MR) is 65.7 cm³/mol. The van der Waals surface area contributed by atoms with E-state index in [2.05, 4.69) is 0 Å². The molecule has 1 nitrogen and oxygen atoms in total. The molecule has 0 radical (unpaired) electrons. The predicted octanol–water partition coefficient (Wildman–Crippen LogP) is 4.27. The summed E-state index contributed by atoms with van der Waals surface area (Å²) in [7, 11) is 0. The highest BCUT2D eigenvalue weighted by Gasteiger charge is 2.20. The molecule has 0 amide bonds. The molecule has 0 aromatic heterocycles. The molecule has 0 saturated heterocycles. The number of Topliss-reactive ketones (excluding diaryl/α,β-unsaturated/α-hetero) is 1. The van der Waals surface area contributed by atoms with Gasteiger partial charge in [-0.3, -0.25) is 4.79 Å². The second-order valence-corrected chi connectivity index (χ2v) is 4.37. The fraction of sp³-hybridized carbons (Fsp3) is 0.0714. The normalized spacial score (nSPS) is 12.2. The van der Waals surface area contributed by atoms with Gasteiger partial charge in [-0.1, -0.05) is 12.1 Å². The second kappa shape index (κ2) is 5.45. The number of hydrogen-bond donors (Lipinski definition) is 0. The molecule has 0 N–H and O–H groups in total. The molecule has 0 saturated carbocycles. The highest BCUT2D eigenvalue weighted by Crippen LogP contribution is 2.26. The quantitative estimate of drug-likeness (QED) is 0.608. The van der Waals surface area contributed by atoms with Crippen LogP contribution in [0.4, 0.5) is 13.2 Å². The number of hydrogen-bond acceptors (Lipinski definition) is 1. The zero-order chi connectivity index (χ0) is 14.0. The molecule has 0 aliphatic heterocycles. The van der Waals surface area contributed by atoms with Crippen molar-refractivity contribution in [3.05, 3.63) is 71.0 Å². The van der Waals surface area contributed by atoms with E-state index in [1.54, 1.807) is 0 Å². The third-order valence-corrected chi connectivity index (χ3v) is 2.99. The number of rotatable bonds is 3. The number of benzene rings is 2. The van der Waals surface area contributed by atoms with Gasteiger partial charge in [0.2, 0.25) is 0 Å². The van der Waals surface area contributed by atoms with E-state index in [9.17, 15) is 18.0 Å². The van der Waals surface area contributed by atoms with Crippen LogP contribution in [0.3, 0.4) is 0 Å². The molecule has 0 aliphatic carbocycles. The highest BCUT2D eigenvalue weighted by molar-refractivity contribution is 6.33. The zero-order valence-corrected chi connectivity index (χ0v) is 10.3. The number of carbonyl (C=O) groups excluding carboxylic acids is 1. The summed E-state index contributed by atoms with van der Waals surface area (Å²) in [6.45, 7) is 0. The fourth-order valence-electron chi connectivity index (χ4n) is 1.63. The van der Waals surface area contributed by atoms with Crippen LogP contribution >= 0.6 is 11.6 Å². The summed E-state index contributed by atoms with van der Waals surface area (Å²) in [6.07, 6.45) is 0. The van der Waals surface area contributed by atoms with Gasteiger partial charge in [-0.05, 0) is 29.8 Å². The van der Waals surface area contributed by atoms with Gasteiger partial charge in [0.25, 0.3) is 0 Å². The lowest BCUT2D eigenvalue weighted by Gasteiger charge is -2.09. The second-order valence-electron chi connectivity index (χ2n) is 3.94. The van der Waals surface area contributed by atoms with Gasteiger partial charge in [-0.15, -0.1) is 11.6 Å². The molecule has 1 unspecified atom stereocenters. The molecule has 0 spiro atoms. The standard InChI is InChI=1S/C14H8ClF3O/c15-13(8-1-3-10(16)4-2-8)14(19)9-5-11(17)7-12(18)6-9/h1-7,13H. The SMILES string of the molecule is O=C(c1cc(F)cc(F)c1)C(Cl)c1ccc(F)cc1. The maximum Gasteiger partial charge on any atom is 0.185 e. The van der Waals surface area contributed by atoms with Crippen molar-refractivity contribution in [2.75, 3.05) is 0 Å². The van der Waals surface area contributed by atoms with E-state index in [-0.39, 0.29) is 5.56 Å². The Labute approximate surface area is 112 Å². The highest BCUT2D eigenvalue weighted by atomic mass is 35.5. The van der Waals surface area contributed by atoms with E-state index >= 15 is 0 Å². The third kappa shape index (κ3) is 3.15. The molecular formula is C14H8ClF3O. The minimum Gasteiger partial charge on any atom is -0.292 e. The third-order valence-electron chi connectivity index (χ3n) is 2.54. The molecule has 5 heteroatoms. The lowest BCUT2D eigenvalue weighted by molar-refractivity contribution is 0.0986. The molecule has 0 bridgehead atoms. The van der Waals surface area contributed by atoms with Crippen LogP contribution in [0.5, 0.6) is 0 Å². The average molecular weight is 285 g/mol. The van der Waals surface area contributed by atoms with Gasteiger partial charge in [-0.2, -0.15) is 0 Å². The minimum absolute atomic E-state index is 0.165. The average Bonchev–Trinajstić information content (AvgIpc) is 2.37. The maximum atomic E-state index is 13.0. The van der Waals surface area contributed by atoms with Gasteiger partial charge < -0.3 is 0 Å². The first-order valence-electron chi connectivity index (χ1n) is 5.37. The van der Waals surface area contributed by atoms with Crippen LogP contribution in [0.15, 0.2) is 42.5 Å². The number of ketones is 1. The van der Waals surface area contributed by atoms with Gasteiger partial charge >= 0.3 is 0 Å². The van der Waals surface area contributed by atoms with E-state index < -0.39 is 28.6 Å². The van der Waals surface area contributed by atoms with E-state index in [4.69, 9.17) is 11.6 Å². The van der Waals surface area contributed by atoms with Gasteiger partial charge in [0.15, 0.2) is 5.78 Å².